The van der Waals surface area contributed by atoms with Crippen LogP contribution < -0.4 is 5.32 Å². The van der Waals surface area contributed by atoms with Crippen LogP contribution in [-0.2, 0) is 0 Å². The standard InChI is InChI=1S/C9H17NO/c1-6(2)8-5-10-7(3)4-9(8)11/h7-11H,1,4-5H2,2-3H3/t7-,8+,9-/m0/s1. The number of aliphatic hydroxyl groups is 1. The van der Waals surface area contributed by atoms with Crippen molar-refractivity contribution in [3.63, 3.8) is 0 Å². The molecule has 0 amide bonds. The highest BCUT2D eigenvalue weighted by molar-refractivity contribution is 5.03. The first-order valence-corrected chi connectivity index (χ1v) is 4.18. The molecule has 1 heterocycles. The topological polar surface area (TPSA) is 32.3 Å². The van der Waals surface area contributed by atoms with Crippen LogP contribution in [0.25, 0.3) is 0 Å². The number of piperidine rings is 1. The van der Waals surface area contributed by atoms with Crippen LogP contribution in [0.1, 0.15) is 20.3 Å². The summed E-state index contributed by atoms with van der Waals surface area (Å²) in [5.74, 6) is 0.256. The average Bonchev–Trinajstić information content (AvgIpc) is 1.85. The summed E-state index contributed by atoms with van der Waals surface area (Å²) in [5.41, 5.74) is 1.08. The first-order valence-electron chi connectivity index (χ1n) is 4.18. The molecule has 0 aliphatic carbocycles. The van der Waals surface area contributed by atoms with E-state index in [0.717, 1.165) is 18.5 Å². The number of aliphatic hydroxyl groups excluding tert-OH is 1. The lowest BCUT2D eigenvalue weighted by Gasteiger charge is -2.32. The molecule has 0 aromatic heterocycles. The summed E-state index contributed by atoms with van der Waals surface area (Å²) in [5, 5.41) is 12.9. The zero-order valence-corrected chi connectivity index (χ0v) is 7.30. The van der Waals surface area contributed by atoms with E-state index in [-0.39, 0.29) is 12.0 Å². The average molecular weight is 155 g/mol. The first kappa shape index (κ1) is 8.75. The predicted molar refractivity (Wildman–Crippen MR) is 46.4 cm³/mol. The Balaban J connectivity index is 2.50. The Hall–Kier alpha value is -0.340. The minimum absolute atomic E-state index is 0.191. The smallest absolute Gasteiger partial charge is 0.0632 e. The van der Waals surface area contributed by atoms with Gasteiger partial charge in [-0.1, -0.05) is 12.2 Å². The highest BCUT2D eigenvalue weighted by Gasteiger charge is 2.26. The van der Waals surface area contributed by atoms with E-state index in [1.54, 1.807) is 0 Å². The van der Waals surface area contributed by atoms with Crippen molar-refractivity contribution in [1.82, 2.24) is 5.32 Å². The molecule has 2 N–H and O–H groups in total. The molecule has 3 atom stereocenters. The fraction of sp³-hybridized carbons (Fsp3) is 0.778. The number of hydrogen-bond acceptors (Lipinski definition) is 2. The highest BCUT2D eigenvalue weighted by Crippen LogP contribution is 2.20. The van der Waals surface area contributed by atoms with Crippen molar-refractivity contribution in [3.8, 4) is 0 Å². The van der Waals surface area contributed by atoms with Crippen LogP contribution in [0.4, 0.5) is 0 Å². The minimum atomic E-state index is -0.191. The normalized spacial score (nSPS) is 38.6. The molecule has 0 radical (unpaired) electrons. The maximum atomic E-state index is 9.61. The second-order valence-electron chi connectivity index (χ2n) is 3.57. The largest absolute Gasteiger partial charge is 0.392 e. The van der Waals surface area contributed by atoms with E-state index in [4.69, 9.17) is 0 Å². The summed E-state index contributed by atoms with van der Waals surface area (Å²) >= 11 is 0. The second kappa shape index (κ2) is 3.37. The van der Waals surface area contributed by atoms with Gasteiger partial charge in [-0.2, -0.15) is 0 Å². The molecular weight excluding hydrogens is 138 g/mol. The summed E-state index contributed by atoms with van der Waals surface area (Å²) in [7, 11) is 0. The Labute approximate surface area is 68.3 Å². The minimum Gasteiger partial charge on any atom is -0.392 e. The van der Waals surface area contributed by atoms with Crippen LogP contribution in [0.15, 0.2) is 12.2 Å². The molecule has 1 saturated heterocycles. The zero-order chi connectivity index (χ0) is 8.43. The molecular formula is C9H17NO. The van der Waals surface area contributed by atoms with Crippen molar-refractivity contribution >= 4 is 0 Å². The van der Waals surface area contributed by atoms with Crippen LogP contribution in [0.3, 0.4) is 0 Å². The number of rotatable bonds is 1. The molecule has 0 bridgehead atoms. The van der Waals surface area contributed by atoms with Crippen LogP contribution in [-0.4, -0.2) is 23.8 Å². The van der Waals surface area contributed by atoms with Gasteiger partial charge in [-0.3, -0.25) is 0 Å². The quantitative estimate of drug-likeness (QED) is 0.552. The molecule has 0 unspecified atom stereocenters. The van der Waals surface area contributed by atoms with E-state index in [9.17, 15) is 5.11 Å². The molecule has 0 saturated carbocycles. The lowest BCUT2D eigenvalue weighted by atomic mass is 9.88. The van der Waals surface area contributed by atoms with Crippen molar-refractivity contribution in [2.24, 2.45) is 5.92 Å². The monoisotopic (exact) mass is 155 g/mol. The van der Waals surface area contributed by atoms with Gasteiger partial charge < -0.3 is 10.4 Å². The third kappa shape index (κ3) is 2.04. The molecule has 0 aromatic rings. The fourth-order valence-corrected chi connectivity index (χ4v) is 1.58. The van der Waals surface area contributed by atoms with E-state index < -0.39 is 0 Å². The lowest BCUT2D eigenvalue weighted by molar-refractivity contribution is 0.0803. The van der Waals surface area contributed by atoms with Gasteiger partial charge >= 0.3 is 0 Å². The van der Waals surface area contributed by atoms with Gasteiger partial charge in [0.25, 0.3) is 0 Å². The van der Waals surface area contributed by atoms with Crippen molar-refractivity contribution < 1.29 is 5.11 Å². The Morgan fingerprint density at radius 3 is 2.73 bits per heavy atom. The SMILES string of the molecule is C=C(C)[C@H]1CN[C@@H](C)C[C@@H]1O. The summed E-state index contributed by atoms with van der Waals surface area (Å²) in [6.45, 7) is 8.80. The molecule has 1 aliphatic rings. The Bertz CT molecular complexity index is 156. The maximum Gasteiger partial charge on any atom is 0.0632 e. The lowest BCUT2D eigenvalue weighted by Crippen LogP contribution is -2.45. The van der Waals surface area contributed by atoms with Gasteiger partial charge in [0.1, 0.15) is 0 Å². The summed E-state index contributed by atoms with van der Waals surface area (Å²) < 4.78 is 0. The van der Waals surface area contributed by atoms with Gasteiger partial charge in [0.15, 0.2) is 0 Å². The number of nitrogens with one attached hydrogen (secondary N) is 1. The van der Waals surface area contributed by atoms with Crippen LogP contribution in [0, 0.1) is 5.92 Å². The van der Waals surface area contributed by atoms with Crippen molar-refractivity contribution in [2.45, 2.75) is 32.4 Å². The Kier molecular flexibility index (Phi) is 2.68. The van der Waals surface area contributed by atoms with Crippen LogP contribution in [0.5, 0.6) is 0 Å². The van der Waals surface area contributed by atoms with E-state index in [1.807, 2.05) is 6.92 Å². The molecule has 1 rings (SSSR count). The summed E-state index contributed by atoms with van der Waals surface area (Å²) in [4.78, 5) is 0. The Morgan fingerprint density at radius 2 is 2.27 bits per heavy atom. The van der Waals surface area contributed by atoms with E-state index in [0.29, 0.717) is 6.04 Å². The van der Waals surface area contributed by atoms with Crippen molar-refractivity contribution in [3.05, 3.63) is 12.2 Å². The molecule has 11 heavy (non-hydrogen) atoms. The molecule has 64 valence electrons. The van der Waals surface area contributed by atoms with Crippen LogP contribution in [0.2, 0.25) is 0 Å². The van der Waals surface area contributed by atoms with Gasteiger partial charge in [-0.15, -0.1) is 0 Å². The highest BCUT2D eigenvalue weighted by atomic mass is 16.3. The fourth-order valence-electron chi connectivity index (χ4n) is 1.58. The van der Waals surface area contributed by atoms with Gasteiger partial charge in [-0.25, -0.2) is 0 Å². The third-order valence-electron chi connectivity index (χ3n) is 2.38. The Morgan fingerprint density at radius 1 is 1.64 bits per heavy atom. The van der Waals surface area contributed by atoms with Gasteiger partial charge in [0, 0.05) is 18.5 Å². The number of hydrogen-bond donors (Lipinski definition) is 2. The van der Waals surface area contributed by atoms with Gasteiger partial charge in [0.2, 0.25) is 0 Å². The molecule has 2 nitrogen and oxygen atoms in total. The van der Waals surface area contributed by atoms with Gasteiger partial charge in [0.05, 0.1) is 6.10 Å². The first-order chi connectivity index (χ1) is 5.11. The zero-order valence-electron chi connectivity index (χ0n) is 7.30. The van der Waals surface area contributed by atoms with Gasteiger partial charge in [-0.05, 0) is 20.3 Å². The molecule has 1 aliphatic heterocycles. The van der Waals surface area contributed by atoms with E-state index in [1.165, 1.54) is 0 Å². The maximum absolute atomic E-state index is 9.61. The van der Waals surface area contributed by atoms with Crippen LogP contribution >= 0.6 is 0 Å². The third-order valence-corrected chi connectivity index (χ3v) is 2.38. The van der Waals surface area contributed by atoms with Crippen molar-refractivity contribution in [1.29, 1.82) is 0 Å². The van der Waals surface area contributed by atoms with E-state index >= 15 is 0 Å². The second-order valence-corrected chi connectivity index (χ2v) is 3.57. The summed E-state index contributed by atoms with van der Waals surface area (Å²) in [6.07, 6.45) is 0.654. The summed E-state index contributed by atoms with van der Waals surface area (Å²) in [6, 6.07) is 0.445. The predicted octanol–water partition coefficient (Wildman–Crippen LogP) is 0.921. The molecule has 1 fully saturated rings. The van der Waals surface area contributed by atoms with Crippen molar-refractivity contribution in [2.75, 3.05) is 6.54 Å². The van der Waals surface area contributed by atoms with E-state index in [2.05, 4.69) is 18.8 Å². The molecule has 0 spiro atoms. The molecule has 2 heteroatoms. The molecule has 0 aromatic carbocycles.